The van der Waals surface area contributed by atoms with Crippen molar-refractivity contribution in [2.45, 2.75) is 25.9 Å². The molecular weight excluding hydrogens is 270 g/mol. The number of hydrogen-bond donors (Lipinski definition) is 2. The summed E-state index contributed by atoms with van der Waals surface area (Å²) in [5, 5.41) is 6.50. The summed E-state index contributed by atoms with van der Waals surface area (Å²) in [7, 11) is 0. The molecule has 1 atom stereocenters. The summed E-state index contributed by atoms with van der Waals surface area (Å²) in [6.45, 7) is 3.20. The van der Waals surface area contributed by atoms with Gasteiger partial charge in [0.2, 0.25) is 0 Å². The van der Waals surface area contributed by atoms with Gasteiger partial charge in [0.05, 0.1) is 11.7 Å². The highest BCUT2D eigenvalue weighted by molar-refractivity contribution is 5.50. The number of benzene rings is 2. The van der Waals surface area contributed by atoms with Crippen LogP contribution in [0.25, 0.3) is 0 Å². The molecule has 0 saturated carbocycles. The van der Waals surface area contributed by atoms with Crippen LogP contribution >= 0.6 is 0 Å². The summed E-state index contributed by atoms with van der Waals surface area (Å²) in [5.41, 5.74) is 2.88. The van der Waals surface area contributed by atoms with Gasteiger partial charge in [-0.15, -0.1) is 0 Å². The Morgan fingerprint density at radius 2 is 1.95 bits per heavy atom. The first kappa shape index (κ1) is 14.0. The van der Waals surface area contributed by atoms with Gasteiger partial charge in [-0.2, -0.15) is 0 Å². The zero-order valence-corrected chi connectivity index (χ0v) is 11.9. The first-order valence-corrected chi connectivity index (χ1v) is 7.16. The number of nitrogens with one attached hydrogen (secondary N) is 2. The van der Waals surface area contributed by atoms with Gasteiger partial charge >= 0.3 is 0 Å². The van der Waals surface area contributed by atoms with E-state index in [0.717, 1.165) is 25.1 Å². The van der Waals surface area contributed by atoms with Crippen molar-refractivity contribution in [3.8, 4) is 0 Å². The summed E-state index contributed by atoms with van der Waals surface area (Å²) in [4.78, 5) is 0. The molecule has 3 rings (SSSR count). The number of rotatable bonds is 2. The van der Waals surface area contributed by atoms with Crippen LogP contribution in [-0.4, -0.2) is 6.54 Å². The molecule has 0 amide bonds. The summed E-state index contributed by atoms with van der Waals surface area (Å²) in [6, 6.07) is 10.5. The molecule has 0 aliphatic carbocycles. The van der Waals surface area contributed by atoms with Crippen LogP contribution in [0.2, 0.25) is 0 Å². The predicted octanol–water partition coefficient (Wildman–Crippen LogP) is 3.92. The van der Waals surface area contributed by atoms with Gasteiger partial charge in [-0.3, -0.25) is 0 Å². The van der Waals surface area contributed by atoms with Crippen LogP contribution in [0, 0.1) is 18.6 Å². The fourth-order valence-electron chi connectivity index (χ4n) is 2.75. The van der Waals surface area contributed by atoms with Crippen molar-refractivity contribution in [1.82, 2.24) is 5.32 Å². The third-order valence-corrected chi connectivity index (χ3v) is 3.93. The van der Waals surface area contributed by atoms with Crippen molar-refractivity contribution in [3.63, 3.8) is 0 Å². The fraction of sp³-hybridized carbons (Fsp3) is 0.294. The van der Waals surface area contributed by atoms with E-state index < -0.39 is 5.82 Å². The van der Waals surface area contributed by atoms with E-state index in [0.29, 0.717) is 5.56 Å². The maximum Gasteiger partial charge on any atom is 0.146 e. The number of hydrogen-bond acceptors (Lipinski definition) is 2. The molecule has 2 N–H and O–H groups in total. The molecule has 1 aliphatic rings. The molecule has 0 fully saturated rings. The number of aryl methyl sites for hydroxylation is 1. The second kappa shape index (κ2) is 5.82. The van der Waals surface area contributed by atoms with Crippen molar-refractivity contribution >= 4 is 5.69 Å². The maximum atomic E-state index is 14.0. The smallest absolute Gasteiger partial charge is 0.146 e. The molecule has 1 heterocycles. The predicted molar refractivity (Wildman–Crippen MR) is 80.2 cm³/mol. The molecule has 2 aromatic rings. The van der Waals surface area contributed by atoms with Crippen LogP contribution in [0.3, 0.4) is 0 Å². The minimum atomic E-state index is -0.413. The monoisotopic (exact) mass is 288 g/mol. The summed E-state index contributed by atoms with van der Waals surface area (Å²) in [5.74, 6) is -0.803. The minimum absolute atomic E-state index is 0.0205. The highest BCUT2D eigenvalue weighted by atomic mass is 19.1. The molecular formula is C17H18F2N2. The molecule has 1 unspecified atom stereocenters. The lowest BCUT2D eigenvalue weighted by atomic mass is 9.99. The van der Waals surface area contributed by atoms with Crippen LogP contribution in [0.5, 0.6) is 0 Å². The van der Waals surface area contributed by atoms with E-state index in [1.165, 1.54) is 17.7 Å². The van der Waals surface area contributed by atoms with E-state index in [1.807, 2.05) is 18.2 Å². The van der Waals surface area contributed by atoms with Gasteiger partial charge in [-0.1, -0.05) is 24.3 Å². The van der Waals surface area contributed by atoms with Crippen molar-refractivity contribution in [3.05, 3.63) is 64.7 Å². The van der Waals surface area contributed by atoms with E-state index >= 15 is 0 Å². The quantitative estimate of drug-likeness (QED) is 0.875. The summed E-state index contributed by atoms with van der Waals surface area (Å²) >= 11 is 0. The van der Waals surface area contributed by atoms with Crippen LogP contribution < -0.4 is 10.6 Å². The van der Waals surface area contributed by atoms with E-state index in [9.17, 15) is 8.78 Å². The van der Waals surface area contributed by atoms with Crippen molar-refractivity contribution in [2.24, 2.45) is 0 Å². The second-order valence-electron chi connectivity index (χ2n) is 5.44. The SMILES string of the molecule is Cc1cc(F)c(NC2CCNCc3ccccc32)cc1F. The highest BCUT2D eigenvalue weighted by Gasteiger charge is 2.19. The fourth-order valence-corrected chi connectivity index (χ4v) is 2.75. The molecule has 2 nitrogen and oxygen atoms in total. The number of halogens is 2. The molecule has 110 valence electrons. The Kier molecular flexibility index (Phi) is 3.88. The van der Waals surface area contributed by atoms with E-state index in [4.69, 9.17) is 0 Å². The van der Waals surface area contributed by atoms with Gasteiger partial charge < -0.3 is 10.6 Å². The van der Waals surface area contributed by atoms with Gasteiger partial charge in [0, 0.05) is 12.6 Å². The minimum Gasteiger partial charge on any atom is -0.376 e. The zero-order valence-electron chi connectivity index (χ0n) is 11.9. The van der Waals surface area contributed by atoms with Gasteiger partial charge in [0.1, 0.15) is 11.6 Å². The van der Waals surface area contributed by atoms with E-state index in [-0.39, 0.29) is 17.5 Å². The first-order chi connectivity index (χ1) is 10.1. The Labute approximate surface area is 123 Å². The lowest BCUT2D eigenvalue weighted by molar-refractivity contribution is 0.587. The van der Waals surface area contributed by atoms with Gasteiger partial charge in [-0.25, -0.2) is 8.78 Å². The molecule has 0 saturated heterocycles. The standard InChI is InChI=1S/C17H18F2N2/c1-11-8-15(19)17(9-14(11)18)21-16-6-7-20-10-12-4-2-3-5-13(12)16/h2-5,8-9,16,20-21H,6-7,10H2,1H3. The van der Waals surface area contributed by atoms with Gasteiger partial charge in [0.25, 0.3) is 0 Å². The Balaban J connectivity index is 1.93. The Morgan fingerprint density at radius 3 is 2.81 bits per heavy atom. The molecule has 0 radical (unpaired) electrons. The lowest BCUT2D eigenvalue weighted by Gasteiger charge is -2.21. The topological polar surface area (TPSA) is 24.1 Å². The van der Waals surface area contributed by atoms with Crippen molar-refractivity contribution in [2.75, 3.05) is 11.9 Å². The molecule has 0 spiro atoms. The Hall–Kier alpha value is -1.94. The number of fused-ring (bicyclic) bond motifs is 1. The normalized spacial score (nSPS) is 18.0. The van der Waals surface area contributed by atoms with E-state index in [1.54, 1.807) is 6.92 Å². The molecule has 2 aromatic carbocycles. The van der Waals surface area contributed by atoms with Crippen LogP contribution in [0.1, 0.15) is 29.2 Å². The Bertz CT molecular complexity index is 655. The van der Waals surface area contributed by atoms with Gasteiger partial charge in [-0.05, 0) is 42.6 Å². The number of anilines is 1. The summed E-state index contributed by atoms with van der Waals surface area (Å²) in [6.07, 6.45) is 0.825. The molecule has 4 heteroatoms. The molecule has 21 heavy (non-hydrogen) atoms. The lowest BCUT2D eigenvalue weighted by Crippen LogP contribution is -2.16. The largest absolute Gasteiger partial charge is 0.376 e. The van der Waals surface area contributed by atoms with Crippen LogP contribution in [0.15, 0.2) is 36.4 Å². The van der Waals surface area contributed by atoms with Crippen LogP contribution in [0.4, 0.5) is 14.5 Å². The maximum absolute atomic E-state index is 14.0. The average Bonchev–Trinajstić information content (AvgIpc) is 2.67. The first-order valence-electron chi connectivity index (χ1n) is 7.16. The zero-order chi connectivity index (χ0) is 14.8. The molecule has 0 bridgehead atoms. The molecule has 1 aliphatic heterocycles. The van der Waals surface area contributed by atoms with Crippen molar-refractivity contribution < 1.29 is 8.78 Å². The highest BCUT2D eigenvalue weighted by Crippen LogP contribution is 2.29. The van der Waals surface area contributed by atoms with Crippen LogP contribution in [-0.2, 0) is 6.54 Å². The third-order valence-electron chi connectivity index (χ3n) is 3.93. The Morgan fingerprint density at radius 1 is 1.14 bits per heavy atom. The summed E-state index contributed by atoms with van der Waals surface area (Å²) < 4.78 is 27.7. The van der Waals surface area contributed by atoms with Crippen molar-refractivity contribution in [1.29, 1.82) is 0 Å². The average molecular weight is 288 g/mol. The molecule has 0 aromatic heterocycles. The third kappa shape index (κ3) is 2.90. The second-order valence-corrected chi connectivity index (χ2v) is 5.44. The van der Waals surface area contributed by atoms with Gasteiger partial charge in [0.15, 0.2) is 0 Å². The van der Waals surface area contributed by atoms with E-state index in [2.05, 4.69) is 16.7 Å².